The van der Waals surface area contributed by atoms with E-state index < -0.39 is 101 Å². The van der Waals surface area contributed by atoms with E-state index >= 15 is 0 Å². The van der Waals surface area contributed by atoms with Crippen LogP contribution < -0.4 is 20.8 Å². The maximum Gasteiger partial charge on any atom is 0.340 e. The van der Waals surface area contributed by atoms with Crippen LogP contribution in [-0.2, 0) is 30.2 Å². The van der Waals surface area contributed by atoms with Crippen molar-refractivity contribution in [2.75, 3.05) is 13.2 Å². The van der Waals surface area contributed by atoms with E-state index in [0.29, 0.717) is 5.57 Å². The number of phenolic OH excluding ortho intramolecular Hbond substituents is 3. The number of piperidine rings is 1. The molecule has 5 aliphatic rings. The Hall–Kier alpha value is -5.33. The molecule has 0 amide bonds. The average molecular weight is 871 g/mol. The summed E-state index contributed by atoms with van der Waals surface area (Å²) in [4.78, 5) is 39.3. The van der Waals surface area contributed by atoms with Crippen molar-refractivity contribution in [3.63, 3.8) is 0 Å². The number of allylic oxidation sites excluding steroid dienone is 2. The van der Waals surface area contributed by atoms with Crippen LogP contribution in [0.4, 0.5) is 0 Å². The molecule has 0 bridgehead atoms. The van der Waals surface area contributed by atoms with Crippen LogP contribution in [0, 0.1) is 5.92 Å². The van der Waals surface area contributed by atoms with Crippen LogP contribution in [0.3, 0.4) is 0 Å². The number of benzene rings is 2. The molecule has 0 radical (unpaired) electrons. The van der Waals surface area contributed by atoms with Gasteiger partial charge in [0, 0.05) is 54.0 Å². The van der Waals surface area contributed by atoms with E-state index in [1.807, 2.05) is 6.08 Å². The van der Waals surface area contributed by atoms with Gasteiger partial charge >= 0.3 is 11.9 Å². The smallest absolute Gasteiger partial charge is 0.340 e. The highest BCUT2D eigenvalue weighted by molar-refractivity contribution is 5.89. The number of dihydropyridines is 1. The lowest BCUT2D eigenvalue weighted by atomic mass is 9.80. The molecule has 21 heteroatoms. The molecule has 1 aromatic heterocycles. The predicted octanol–water partition coefficient (Wildman–Crippen LogP) is -1.65. The zero-order chi connectivity index (χ0) is 44.5. The fraction of sp³-hybridized carbons (Fsp3) is 0.488. The van der Waals surface area contributed by atoms with Gasteiger partial charge in [-0.3, -0.25) is 10.1 Å². The van der Waals surface area contributed by atoms with Gasteiger partial charge in [0.25, 0.3) is 0 Å². The number of hydrogen-bond acceptors (Lipinski definition) is 20. The molecule has 334 valence electrons. The van der Waals surface area contributed by atoms with Crippen LogP contribution in [0.25, 0.3) is 22.3 Å². The third-order valence-corrected chi connectivity index (χ3v) is 12.3. The lowest BCUT2D eigenvalue weighted by molar-refractivity contribution is -0.338. The maximum absolute atomic E-state index is 13.9. The first-order chi connectivity index (χ1) is 29.4. The Morgan fingerprint density at radius 1 is 0.919 bits per heavy atom. The van der Waals surface area contributed by atoms with E-state index in [0.717, 1.165) is 30.7 Å². The highest BCUT2D eigenvalue weighted by atomic mass is 16.8. The number of hydrogen-bond donors (Lipinski definition) is 13. The Labute approximate surface area is 350 Å². The Morgan fingerprint density at radius 3 is 2.39 bits per heavy atom. The number of carbonyl (C=O) groups is 2. The van der Waals surface area contributed by atoms with Crippen LogP contribution >= 0.6 is 0 Å². The number of carboxylic acids is 1. The normalized spacial score (nSPS) is 34.5. The number of carboxylic acid groups (broad SMARTS) is 1. The molecule has 0 saturated carbocycles. The lowest BCUT2D eigenvalue weighted by Crippen LogP contribution is -2.68. The first-order valence-corrected chi connectivity index (χ1v) is 19.9. The minimum Gasteiger partial charge on any atom is -0.507 e. The van der Waals surface area contributed by atoms with Crippen molar-refractivity contribution in [2.24, 2.45) is 5.92 Å². The molecule has 3 saturated heterocycles. The summed E-state index contributed by atoms with van der Waals surface area (Å²) in [6.07, 6.45) is -16.0. The summed E-state index contributed by atoms with van der Waals surface area (Å²) >= 11 is 0. The number of fused-ring (bicyclic) bond motifs is 3. The number of esters is 1. The summed E-state index contributed by atoms with van der Waals surface area (Å²) in [6, 6.07) is 4.78. The quantitative estimate of drug-likeness (QED) is 0.0934. The highest BCUT2D eigenvalue weighted by Crippen LogP contribution is 2.52. The molecule has 8 rings (SSSR count). The number of aliphatic carboxylic acids is 1. The van der Waals surface area contributed by atoms with Crippen molar-refractivity contribution < 1.29 is 89.1 Å². The number of aliphatic hydroxyl groups excluding tert-OH is 7. The molecule has 0 aliphatic carbocycles. The van der Waals surface area contributed by atoms with Gasteiger partial charge in [-0.05, 0) is 55.0 Å². The van der Waals surface area contributed by atoms with E-state index in [1.54, 1.807) is 6.20 Å². The van der Waals surface area contributed by atoms with E-state index in [2.05, 4.69) is 17.6 Å². The summed E-state index contributed by atoms with van der Waals surface area (Å²) in [7, 11) is 0. The predicted molar refractivity (Wildman–Crippen MR) is 207 cm³/mol. The minimum atomic E-state index is -2.46. The second kappa shape index (κ2) is 16.4. The minimum absolute atomic E-state index is 0.0169. The van der Waals surface area contributed by atoms with Crippen LogP contribution in [0.5, 0.6) is 23.0 Å². The molecular formula is C41H46N2O19. The van der Waals surface area contributed by atoms with Crippen molar-refractivity contribution >= 4 is 22.9 Å². The van der Waals surface area contributed by atoms with E-state index in [-0.39, 0.29) is 77.1 Å². The fourth-order valence-corrected chi connectivity index (χ4v) is 8.85. The molecule has 6 heterocycles. The molecular weight excluding hydrogens is 824 g/mol. The van der Waals surface area contributed by atoms with Crippen LogP contribution in [0.2, 0.25) is 0 Å². The first kappa shape index (κ1) is 43.3. The lowest BCUT2D eigenvalue weighted by Gasteiger charge is -2.47. The molecule has 5 aliphatic heterocycles. The molecule has 13 atom stereocenters. The molecule has 62 heavy (non-hydrogen) atoms. The van der Waals surface area contributed by atoms with Crippen molar-refractivity contribution in [3.8, 4) is 34.3 Å². The second-order valence-corrected chi connectivity index (χ2v) is 16.1. The number of ether oxygens (including phenoxy) is 4. The van der Waals surface area contributed by atoms with Gasteiger partial charge < -0.3 is 84.9 Å². The maximum atomic E-state index is 13.9. The zero-order valence-electron chi connectivity index (χ0n) is 32.8. The van der Waals surface area contributed by atoms with Gasteiger partial charge in [-0.2, -0.15) is 0 Å². The van der Waals surface area contributed by atoms with Crippen molar-refractivity contribution in [3.05, 3.63) is 69.0 Å². The van der Waals surface area contributed by atoms with Crippen molar-refractivity contribution in [2.45, 2.75) is 106 Å². The SMILES string of the molecule is C[C@@H]1CCNC2NC=C([C@H]3CC[C@]4(Oc5cc6oc(-c7cc(O)c(O)c(CCO)c7)cc(=O)c6c(O)c53)O[C@H](C(=O)O[C@H]3O[C@H](C(=O)O)[C@@H](O)[C@H](O)[C@H]3O)[C@@H](O)[C@H](O)[C@H]4O)C=C21. The molecule has 3 fully saturated rings. The molecule has 2 aromatic carbocycles. The summed E-state index contributed by atoms with van der Waals surface area (Å²) in [5.41, 5.74) is 0.823. The third kappa shape index (κ3) is 7.32. The number of nitrogens with one attached hydrogen (secondary N) is 2. The average Bonchev–Trinajstić information content (AvgIpc) is 3.40. The largest absolute Gasteiger partial charge is 0.507 e. The topological polar surface area (TPSA) is 348 Å². The fourth-order valence-electron chi connectivity index (χ4n) is 8.85. The van der Waals surface area contributed by atoms with Crippen LogP contribution in [-0.4, -0.2) is 148 Å². The Kier molecular flexibility index (Phi) is 11.5. The van der Waals surface area contributed by atoms with Gasteiger partial charge in [0.1, 0.15) is 64.9 Å². The van der Waals surface area contributed by atoms with Crippen LogP contribution in [0.15, 0.2) is 56.9 Å². The Bertz CT molecular complexity index is 2400. The number of rotatable bonds is 7. The van der Waals surface area contributed by atoms with Crippen molar-refractivity contribution in [1.82, 2.24) is 10.6 Å². The molecule has 1 unspecified atom stereocenters. The van der Waals surface area contributed by atoms with E-state index in [9.17, 15) is 70.6 Å². The third-order valence-electron chi connectivity index (χ3n) is 12.3. The van der Waals surface area contributed by atoms with Crippen LogP contribution in [0.1, 0.15) is 43.2 Å². The summed E-state index contributed by atoms with van der Waals surface area (Å²) in [5.74, 6) is -8.60. The van der Waals surface area contributed by atoms with Crippen molar-refractivity contribution in [1.29, 1.82) is 0 Å². The summed E-state index contributed by atoms with van der Waals surface area (Å²) < 4.78 is 28.8. The van der Waals surface area contributed by atoms with Gasteiger partial charge in [0.2, 0.25) is 12.1 Å². The van der Waals surface area contributed by atoms with Gasteiger partial charge in [-0.15, -0.1) is 0 Å². The van der Waals surface area contributed by atoms with E-state index in [4.69, 9.17) is 23.4 Å². The zero-order valence-corrected chi connectivity index (χ0v) is 32.8. The first-order valence-electron chi connectivity index (χ1n) is 19.9. The highest BCUT2D eigenvalue weighted by Gasteiger charge is 2.60. The number of carbonyl (C=O) groups excluding carboxylic acids is 1. The number of aliphatic hydroxyl groups is 7. The van der Waals surface area contributed by atoms with E-state index in [1.165, 1.54) is 12.1 Å². The molecule has 21 nitrogen and oxygen atoms in total. The second-order valence-electron chi connectivity index (χ2n) is 16.1. The molecule has 3 aromatic rings. The van der Waals surface area contributed by atoms with Gasteiger partial charge in [-0.1, -0.05) is 13.0 Å². The summed E-state index contributed by atoms with van der Waals surface area (Å²) in [6.45, 7) is 2.42. The molecule has 1 spiro atoms. The standard InChI is InChI=1S/C41H46N2O19/c1-14-3-6-42-37-19(14)9-17(13-43-37)18-2-5-41(36(54)32(52)31(51)35(62-41)39(57)60-40-33(53)29(49)30(50)34(59-40)38(55)56)61-24-12-23-26(28(48)25(18)24)20(45)11-22(58-23)16-8-15(4-7-44)27(47)21(46)10-16/h8-14,18,29-37,40,42-44,46-54H,2-7H2,1H3,(H,55,56)/t14-,18-,29+,30+,31+,32+,33-,34+,35+,36-,37?,40-,41+/m1/s1. The monoisotopic (exact) mass is 870 g/mol. The Balaban J connectivity index is 1.23. The number of phenols is 3. The number of aromatic hydroxyl groups is 3. The van der Waals surface area contributed by atoms with Gasteiger partial charge in [0.05, 0.1) is 6.17 Å². The molecule has 13 N–H and O–H groups in total. The van der Waals surface area contributed by atoms with Gasteiger partial charge in [0.15, 0.2) is 29.1 Å². The Morgan fingerprint density at radius 2 is 1.66 bits per heavy atom. The van der Waals surface area contributed by atoms with Gasteiger partial charge in [-0.25, -0.2) is 9.59 Å². The summed E-state index contributed by atoms with van der Waals surface area (Å²) in [5, 5.41) is 123.